The van der Waals surface area contributed by atoms with E-state index in [0.29, 0.717) is 5.82 Å². The maximum atomic E-state index is 11.2. The molecule has 1 heterocycles. The van der Waals surface area contributed by atoms with Crippen molar-refractivity contribution in [3.8, 4) is 0 Å². The maximum Gasteiger partial charge on any atom is 0.335 e. The monoisotopic (exact) mass is 302 g/mol. The third-order valence-electron chi connectivity index (χ3n) is 3.05. The van der Waals surface area contributed by atoms with Crippen molar-refractivity contribution in [2.45, 2.75) is 24.7 Å². The molecule has 0 unspecified atom stereocenters. The molecule has 0 bridgehead atoms. The SMILES string of the molecule is CSc1ccccc1Nc1cc(C(=O)O)cc(C(C)C)n1. The van der Waals surface area contributed by atoms with Gasteiger partial charge in [0, 0.05) is 10.6 Å². The summed E-state index contributed by atoms with van der Waals surface area (Å²) in [5.41, 5.74) is 1.94. The summed E-state index contributed by atoms with van der Waals surface area (Å²) in [6.07, 6.45) is 2.00. The van der Waals surface area contributed by atoms with E-state index in [9.17, 15) is 9.90 Å². The third-order valence-corrected chi connectivity index (χ3v) is 3.85. The van der Waals surface area contributed by atoms with Gasteiger partial charge in [-0.15, -0.1) is 11.8 Å². The number of rotatable bonds is 5. The Balaban J connectivity index is 2.41. The Morgan fingerprint density at radius 3 is 2.62 bits per heavy atom. The van der Waals surface area contributed by atoms with E-state index >= 15 is 0 Å². The second kappa shape index (κ2) is 6.63. The number of hydrogen-bond acceptors (Lipinski definition) is 4. The Bertz CT molecular complexity index is 656. The molecule has 2 rings (SSSR count). The number of nitrogens with one attached hydrogen (secondary N) is 1. The fourth-order valence-corrected chi connectivity index (χ4v) is 2.47. The normalized spacial score (nSPS) is 10.7. The number of hydrogen-bond donors (Lipinski definition) is 2. The summed E-state index contributed by atoms with van der Waals surface area (Å²) in [5.74, 6) is -0.221. The second-order valence-electron chi connectivity index (χ2n) is 4.95. The molecule has 5 heteroatoms. The van der Waals surface area contributed by atoms with Gasteiger partial charge < -0.3 is 10.4 Å². The number of para-hydroxylation sites is 1. The summed E-state index contributed by atoms with van der Waals surface area (Å²) >= 11 is 1.63. The first-order valence-corrected chi connectivity index (χ1v) is 7.89. The smallest absolute Gasteiger partial charge is 0.335 e. The van der Waals surface area contributed by atoms with Crippen LogP contribution >= 0.6 is 11.8 Å². The van der Waals surface area contributed by atoms with E-state index in [-0.39, 0.29) is 11.5 Å². The molecule has 2 aromatic rings. The van der Waals surface area contributed by atoms with Crippen molar-refractivity contribution in [2.24, 2.45) is 0 Å². The number of nitrogens with zero attached hydrogens (tertiary/aromatic N) is 1. The minimum absolute atomic E-state index is 0.167. The van der Waals surface area contributed by atoms with Crippen molar-refractivity contribution >= 4 is 29.2 Å². The highest BCUT2D eigenvalue weighted by molar-refractivity contribution is 7.98. The van der Waals surface area contributed by atoms with Gasteiger partial charge in [0.1, 0.15) is 5.82 Å². The van der Waals surface area contributed by atoms with Crippen LogP contribution in [0.5, 0.6) is 0 Å². The summed E-state index contributed by atoms with van der Waals surface area (Å²) in [6, 6.07) is 11.1. The van der Waals surface area contributed by atoms with Gasteiger partial charge >= 0.3 is 5.97 Å². The van der Waals surface area contributed by atoms with E-state index in [2.05, 4.69) is 10.3 Å². The van der Waals surface area contributed by atoms with E-state index in [0.717, 1.165) is 16.3 Å². The molecular weight excluding hydrogens is 284 g/mol. The number of thioether (sulfide) groups is 1. The summed E-state index contributed by atoms with van der Waals surface area (Å²) in [7, 11) is 0. The summed E-state index contributed by atoms with van der Waals surface area (Å²) in [4.78, 5) is 16.8. The van der Waals surface area contributed by atoms with Gasteiger partial charge in [0.15, 0.2) is 0 Å². The number of carboxylic acids is 1. The number of pyridine rings is 1. The van der Waals surface area contributed by atoms with Crippen LogP contribution in [0.2, 0.25) is 0 Å². The molecule has 0 amide bonds. The molecule has 0 atom stereocenters. The highest BCUT2D eigenvalue weighted by Crippen LogP contribution is 2.28. The molecule has 1 aromatic heterocycles. The molecule has 4 nitrogen and oxygen atoms in total. The lowest BCUT2D eigenvalue weighted by Gasteiger charge is -2.13. The molecule has 0 radical (unpaired) electrons. The van der Waals surface area contributed by atoms with Crippen molar-refractivity contribution in [1.82, 2.24) is 4.98 Å². The first-order chi connectivity index (χ1) is 10.0. The lowest BCUT2D eigenvalue weighted by Crippen LogP contribution is -2.05. The molecule has 0 aliphatic rings. The number of benzene rings is 1. The van der Waals surface area contributed by atoms with Crippen LogP contribution in [0.1, 0.15) is 35.8 Å². The molecule has 21 heavy (non-hydrogen) atoms. The number of aromatic nitrogens is 1. The molecular formula is C16H18N2O2S. The van der Waals surface area contributed by atoms with Crippen LogP contribution in [0.4, 0.5) is 11.5 Å². The lowest BCUT2D eigenvalue weighted by atomic mass is 10.1. The Labute approximate surface area is 128 Å². The molecule has 0 fully saturated rings. The molecule has 0 saturated carbocycles. The Morgan fingerprint density at radius 2 is 2.00 bits per heavy atom. The number of carbonyl (C=O) groups is 1. The van der Waals surface area contributed by atoms with Gasteiger partial charge in [-0.25, -0.2) is 9.78 Å². The molecule has 0 saturated heterocycles. The first-order valence-electron chi connectivity index (χ1n) is 6.66. The van der Waals surface area contributed by atoms with Crippen molar-refractivity contribution in [3.05, 3.63) is 47.7 Å². The highest BCUT2D eigenvalue weighted by atomic mass is 32.2. The summed E-state index contributed by atoms with van der Waals surface area (Å²) < 4.78 is 0. The van der Waals surface area contributed by atoms with Crippen LogP contribution in [-0.4, -0.2) is 22.3 Å². The zero-order chi connectivity index (χ0) is 15.4. The molecule has 0 spiro atoms. The number of carboxylic acid groups (broad SMARTS) is 1. The fraction of sp³-hybridized carbons (Fsp3) is 0.250. The van der Waals surface area contributed by atoms with E-state index in [1.807, 2.05) is 44.4 Å². The van der Waals surface area contributed by atoms with Gasteiger partial charge in [0.25, 0.3) is 0 Å². The fourth-order valence-electron chi connectivity index (χ4n) is 1.92. The topological polar surface area (TPSA) is 62.2 Å². The van der Waals surface area contributed by atoms with Gasteiger partial charge in [0.2, 0.25) is 0 Å². The zero-order valence-corrected chi connectivity index (χ0v) is 13.1. The van der Waals surface area contributed by atoms with Crippen molar-refractivity contribution in [1.29, 1.82) is 0 Å². The molecule has 1 aromatic carbocycles. The summed E-state index contributed by atoms with van der Waals surface area (Å²) in [5, 5.41) is 12.4. The van der Waals surface area contributed by atoms with Crippen LogP contribution in [0.3, 0.4) is 0 Å². The lowest BCUT2D eigenvalue weighted by molar-refractivity contribution is 0.0696. The second-order valence-corrected chi connectivity index (χ2v) is 5.80. The first kappa shape index (κ1) is 15.4. The molecule has 0 aliphatic heterocycles. The van der Waals surface area contributed by atoms with Gasteiger partial charge in [-0.1, -0.05) is 26.0 Å². The average Bonchev–Trinajstić information content (AvgIpc) is 2.47. The standard InChI is InChI=1S/C16H18N2O2S/c1-10(2)13-8-11(16(19)20)9-15(18-13)17-12-6-4-5-7-14(12)21-3/h4-10H,1-3H3,(H,17,18)(H,19,20). The summed E-state index contributed by atoms with van der Waals surface area (Å²) in [6.45, 7) is 3.99. The van der Waals surface area contributed by atoms with E-state index in [1.165, 1.54) is 0 Å². The van der Waals surface area contributed by atoms with Crippen LogP contribution in [0.15, 0.2) is 41.3 Å². The number of aromatic carboxylic acids is 1. The molecule has 2 N–H and O–H groups in total. The highest BCUT2D eigenvalue weighted by Gasteiger charge is 2.11. The Morgan fingerprint density at radius 1 is 1.29 bits per heavy atom. The number of anilines is 2. The van der Waals surface area contributed by atoms with Gasteiger partial charge in [-0.3, -0.25) is 0 Å². The predicted octanol–water partition coefficient (Wildman–Crippen LogP) is 4.37. The quantitative estimate of drug-likeness (QED) is 0.803. The predicted molar refractivity (Wildman–Crippen MR) is 86.8 cm³/mol. The third kappa shape index (κ3) is 3.76. The van der Waals surface area contributed by atoms with Crippen molar-refractivity contribution in [2.75, 3.05) is 11.6 Å². The van der Waals surface area contributed by atoms with Gasteiger partial charge in [0.05, 0.1) is 11.3 Å². The van der Waals surface area contributed by atoms with Gasteiger partial charge in [-0.2, -0.15) is 0 Å². The average molecular weight is 302 g/mol. The minimum atomic E-state index is -0.944. The van der Waals surface area contributed by atoms with Crippen LogP contribution in [-0.2, 0) is 0 Å². The van der Waals surface area contributed by atoms with E-state index in [1.54, 1.807) is 23.9 Å². The largest absolute Gasteiger partial charge is 0.478 e. The van der Waals surface area contributed by atoms with Crippen molar-refractivity contribution in [3.63, 3.8) is 0 Å². The Hall–Kier alpha value is -2.01. The maximum absolute atomic E-state index is 11.2. The van der Waals surface area contributed by atoms with Gasteiger partial charge in [-0.05, 0) is 36.4 Å². The van der Waals surface area contributed by atoms with Crippen LogP contribution < -0.4 is 5.32 Å². The van der Waals surface area contributed by atoms with Crippen LogP contribution in [0, 0.1) is 0 Å². The van der Waals surface area contributed by atoms with Crippen molar-refractivity contribution < 1.29 is 9.90 Å². The van der Waals surface area contributed by atoms with Crippen LogP contribution in [0.25, 0.3) is 0 Å². The zero-order valence-electron chi connectivity index (χ0n) is 12.3. The minimum Gasteiger partial charge on any atom is -0.478 e. The molecule has 0 aliphatic carbocycles. The molecule has 110 valence electrons. The Kier molecular flexibility index (Phi) is 4.85. The van der Waals surface area contributed by atoms with E-state index < -0.39 is 5.97 Å². The van der Waals surface area contributed by atoms with E-state index in [4.69, 9.17) is 0 Å².